The number of hydrogen-bond donors (Lipinski definition) is 1. The van der Waals surface area contributed by atoms with Crippen LogP contribution in [0, 0.1) is 13.8 Å². The van der Waals surface area contributed by atoms with Gasteiger partial charge >= 0.3 is 6.03 Å². The summed E-state index contributed by atoms with van der Waals surface area (Å²) in [5.74, 6) is 0.769. The van der Waals surface area contributed by atoms with E-state index >= 15 is 0 Å². The number of nitrogens with one attached hydrogen (secondary N) is 1. The van der Waals surface area contributed by atoms with Crippen molar-refractivity contribution >= 4 is 11.7 Å². The monoisotopic (exact) mass is 346 g/mol. The second kappa shape index (κ2) is 7.16. The average molecular weight is 346 g/mol. The topological polar surface area (TPSA) is 79.4 Å². The molecule has 2 aromatic rings. The lowest BCUT2D eigenvalue weighted by Crippen LogP contribution is -2.52. The maximum absolute atomic E-state index is 12.7. The molecule has 1 unspecified atom stereocenters. The number of rotatable bonds is 4. The fourth-order valence-electron chi connectivity index (χ4n) is 3.35. The summed E-state index contributed by atoms with van der Waals surface area (Å²) in [5, 5.41) is 11.3. The predicted octanol–water partition coefficient (Wildman–Crippen LogP) is 2.01. The Labute approximate surface area is 147 Å². The minimum Gasteiger partial charge on any atom is -0.365 e. The number of carbonyl (C=O) groups is 1. The highest BCUT2D eigenvalue weighted by Gasteiger charge is 2.26. The lowest BCUT2D eigenvalue weighted by molar-refractivity contribution is 0.190. The van der Waals surface area contributed by atoms with Gasteiger partial charge in [-0.05, 0) is 20.3 Å². The summed E-state index contributed by atoms with van der Waals surface area (Å²) in [5.41, 5.74) is 2.93. The summed E-state index contributed by atoms with van der Waals surface area (Å²) >= 11 is 0. The molecule has 1 aliphatic rings. The molecule has 0 radical (unpaired) electrons. The Balaban J connectivity index is 1.59. The molecule has 0 saturated carbocycles. The minimum absolute atomic E-state index is 0.0299. The molecular formula is C17H26N6O2. The maximum Gasteiger partial charge on any atom is 0.318 e. The smallest absolute Gasteiger partial charge is 0.318 e. The van der Waals surface area contributed by atoms with E-state index in [4.69, 9.17) is 4.52 Å². The maximum atomic E-state index is 12.7. The number of carbonyl (C=O) groups excluding carboxylic acids is 1. The van der Waals surface area contributed by atoms with Gasteiger partial charge in [-0.3, -0.25) is 4.68 Å². The van der Waals surface area contributed by atoms with Crippen molar-refractivity contribution < 1.29 is 9.32 Å². The molecule has 1 N–H and O–H groups in total. The third-order valence-corrected chi connectivity index (χ3v) is 4.77. The fourth-order valence-corrected chi connectivity index (χ4v) is 3.35. The van der Waals surface area contributed by atoms with Crippen molar-refractivity contribution in [1.29, 1.82) is 0 Å². The first-order valence-corrected chi connectivity index (χ1v) is 8.71. The Morgan fingerprint density at radius 3 is 2.56 bits per heavy atom. The lowest BCUT2D eigenvalue weighted by atomic mass is 10.0. The molecule has 2 amide bonds. The number of piperazine rings is 1. The van der Waals surface area contributed by atoms with Crippen LogP contribution in [0.3, 0.4) is 0 Å². The van der Waals surface area contributed by atoms with E-state index in [-0.39, 0.29) is 12.1 Å². The van der Waals surface area contributed by atoms with Crippen molar-refractivity contribution in [2.45, 2.75) is 33.2 Å². The van der Waals surface area contributed by atoms with E-state index in [9.17, 15) is 4.79 Å². The van der Waals surface area contributed by atoms with Crippen LogP contribution < -0.4 is 10.2 Å². The highest BCUT2D eigenvalue weighted by molar-refractivity contribution is 5.75. The quantitative estimate of drug-likeness (QED) is 0.916. The Bertz CT molecular complexity index is 710. The first-order valence-electron chi connectivity index (χ1n) is 8.71. The van der Waals surface area contributed by atoms with Gasteiger partial charge in [-0.15, -0.1) is 0 Å². The average Bonchev–Trinajstić information content (AvgIpc) is 3.19. The van der Waals surface area contributed by atoms with Gasteiger partial charge < -0.3 is 19.6 Å². The Hall–Kier alpha value is -2.51. The molecule has 0 aromatic carbocycles. The summed E-state index contributed by atoms with van der Waals surface area (Å²) < 4.78 is 7.04. The van der Waals surface area contributed by atoms with Crippen molar-refractivity contribution in [1.82, 2.24) is 25.2 Å². The molecule has 8 nitrogen and oxygen atoms in total. The molecule has 0 bridgehead atoms. The zero-order chi connectivity index (χ0) is 18.0. The molecule has 8 heteroatoms. The highest BCUT2D eigenvalue weighted by Crippen LogP contribution is 2.24. The normalized spacial score (nSPS) is 16.2. The van der Waals surface area contributed by atoms with Crippen molar-refractivity contribution in [3.05, 3.63) is 29.4 Å². The zero-order valence-corrected chi connectivity index (χ0v) is 15.3. The third kappa shape index (κ3) is 3.62. The molecular weight excluding hydrogens is 320 g/mol. The van der Waals surface area contributed by atoms with Gasteiger partial charge in [-0.25, -0.2) is 4.79 Å². The third-order valence-electron chi connectivity index (χ3n) is 4.77. The van der Waals surface area contributed by atoms with E-state index in [1.54, 1.807) is 4.68 Å². The number of urea groups is 1. The number of aryl methyl sites for hydroxylation is 3. The number of aromatic nitrogens is 3. The molecule has 1 fully saturated rings. The lowest BCUT2D eigenvalue weighted by Gasteiger charge is -2.36. The SMILES string of the molecule is CCC(NC(=O)N1CCN(c2cnn(C)c2)CC1)c1c(C)noc1C. The fraction of sp³-hybridized carbons (Fsp3) is 0.588. The van der Waals surface area contributed by atoms with Crippen LogP contribution in [0.2, 0.25) is 0 Å². The van der Waals surface area contributed by atoms with Crippen LogP contribution in [0.4, 0.5) is 10.5 Å². The van der Waals surface area contributed by atoms with E-state index in [0.717, 1.165) is 42.2 Å². The summed E-state index contributed by atoms with van der Waals surface area (Å²) in [6.07, 6.45) is 4.66. The van der Waals surface area contributed by atoms with Crippen molar-refractivity contribution in [2.24, 2.45) is 7.05 Å². The second-order valence-corrected chi connectivity index (χ2v) is 6.49. The number of nitrogens with zero attached hydrogens (tertiary/aromatic N) is 5. The molecule has 136 valence electrons. The molecule has 3 heterocycles. The first kappa shape index (κ1) is 17.3. The van der Waals surface area contributed by atoms with Gasteiger partial charge in [0.25, 0.3) is 0 Å². The van der Waals surface area contributed by atoms with E-state index in [0.29, 0.717) is 13.1 Å². The van der Waals surface area contributed by atoms with Gasteiger partial charge in [0.2, 0.25) is 0 Å². The largest absolute Gasteiger partial charge is 0.365 e. The van der Waals surface area contributed by atoms with Crippen LogP contribution in [-0.4, -0.2) is 52.0 Å². The van der Waals surface area contributed by atoms with E-state index in [1.807, 2.05) is 38.2 Å². The molecule has 25 heavy (non-hydrogen) atoms. The van der Waals surface area contributed by atoms with Crippen molar-refractivity contribution in [2.75, 3.05) is 31.1 Å². The van der Waals surface area contributed by atoms with E-state index in [1.165, 1.54) is 0 Å². The van der Waals surface area contributed by atoms with Crippen LogP contribution in [0.5, 0.6) is 0 Å². The van der Waals surface area contributed by atoms with Gasteiger partial charge in [-0.1, -0.05) is 12.1 Å². The van der Waals surface area contributed by atoms with Gasteiger partial charge in [-0.2, -0.15) is 5.10 Å². The molecule has 0 spiro atoms. The summed E-state index contributed by atoms with van der Waals surface area (Å²) in [6, 6.07) is -0.104. The zero-order valence-electron chi connectivity index (χ0n) is 15.3. The van der Waals surface area contributed by atoms with Crippen molar-refractivity contribution in [3.63, 3.8) is 0 Å². The van der Waals surface area contributed by atoms with Crippen LogP contribution in [0.15, 0.2) is 16.9 Å². The van der Waals surface area contributed by atoms with Gasteiger partial charge in [0.15, 0.2) is 0 Å². The predicted molar refractivity (Wildman–Crippen MR) is 94.5 cm³/mol. The van der Waals surface area contributed by atoms with Crippen LogP contribution in [-0.2, 0) is 7.05 Å². The summed E-state index contributed by atoms with van der Waals surface area (Å²) in [4.78, 5) is 16.8. The standard InChI is InChI=1S/C17H26N6O2/c1-5-15(16-12(2)20-25-13(16)3)19-17(24)23-8-6-22(7-9-23)14-10-18-21(4)11-14/h10-11,15H,5-9H2,1-4H3,(H,19,24). The Morgan fingerprint density at radius 2 is 2.04 bits per heavy atom. The highest BCUT2D eigenvalue weighted by atomic mass is 16.5. The number of anilines is 1. The van der Waals surface area contributed by atoms with Gasteiger partial charge in [0.1, 0.15) is 5.76 Å². The molecule has 1 aliphatic heterocycles. The first-order chi connectivity index (χ1) is 12.0. The van der Waals surface area contributed by atoms with Crippen molar-refractivity contribution in [3.8, 4) is 0 Å². The summed E-state index contributed by atoms with van der Waals surface area (Å²) in [7, 11) is 1.91. The van der Waals surface area contributed by atoms with Crippen LogP contribution in [0.25, 0.3) is 0 Å². The molecule has 3 rings (SSSR count). The number of amides is 2. The van der Waals surface area contributed by atoms with E-state index < -0.39 is 0 Å². The van der Waals surface area contributed by atoms with Crippen LogP contribution in [0.1, 0.15) is 36.4 Å². The molecule has 2 aromatic heterocycles. The Kier molecular flexibility index (Phi) is 4.96. The molecule has 0 aliphatic carbocycles. The van der Waals surface area contributed by atoms with E-state index in [2.05, 4.69) is 27.4 Å². The van der Waals surface area contributed by atoms with Gasteiger partial charge in [0.05, 0.1) is 23.6 Å². The van der Waals surface area contributed by atoms with Gasteiger partial charge in [0, 0.05) is 45.0 Å². The number of hydrogen-bond acceptors (Lipinski definition) is 5. The summed E-state index contributed by atoms with van der Waals surface area (Å²) in [6.45, 7) is 8.85. The molecule has 1 saturated heterocycles. The molecule has 1 atom stereocenters. The van der Waals surface area contributed by atoms with Crippen LogP contribution >= 0.6 is 0 Å². The minimum atomic E-state index is -0.0740. The second-order valence-electron chi connectivity index (χ2n) is 6.49. The Morgan fingerprint density at radius 1 is 1.32 bits per heavy atom.